The summed E-state index contributed by atoms with van der Waals surface area (Å²) in [5.41, 5.74) is 1.93. The van der Waals surface area contributed by atoms with Gasteiger partial charge >= 0.3 is 5.97 Å². The molecule has 0 aliphatic heterocycles. The van der Waals surface area contributed by atoms with Crippen molar-refractivity contribution in [3.63, 3.8) is 0 Å². The summed E-state index contributed by atoms with van der Waals surface area (Å²) >= 11 is 7.60. The molecule has 3 aromatic carbocycles. The first-order valence-electron chi connectivity index (χ1n) is 11.4. The molecule has 0 aliphatic carbocycles. The first-order valence-corrected chi connectivity index (χ1v) is 12.6. The minimum atomic E-state index is -1.02. The number of carbonyl (C=O) groups is 3. The van der Waals surface area contributed by atoms with E-state index in [9.17, 15) is 14.4 Å². The van der Waals surface area contributed by atoms with E-state index in [2.05, 4.69) is 5.32 Å². The van der Waals surface area contributed by atoms with Crippen molar-refractivity contribution in [2.24, 2.45) is 0 Å². The van der Waals surface area contributed by atoms with Crippen LogP contribution in [0.25, 0.3) is 10.1 Å². The SMILES string of the molecule is C[C@H](OC(=O)CNC(=O)c1sc2ccccc2c1Cl)C(=O)N(Cc1ccccc1)Cc1ccccc1. The van der Waals surface area contributed by atoms with Gasteiger partial charge in [-0.3, -0.25) is 14.4 Å². The fraction of sp³-hybridized carbons (Fsp3) is 0.179. The highest BCUT2D eigenvalue weighted by molar-refractivity contribution is 7.21. The van der Waals surface area contributed by atoms with Crippen molar-refractivity contribution in [3.05, 3.63) is 106 Å². The van der Waals surface area contributed by atoms with Crippen LogP contribution in [0.4, 0.5) is 0 Å². The number of esters is 1. The van der Waals surface area contributed by atoms with Gasteiger partial charge in [-0.1, -0.05) is 90.5 Å². The molecule has 0 unspecified atom stereocenters. The van der Waals surface area contributed by atoms with Crippen LogP contribution in [-0.4, -0.2) is 35.3 Å². The number of amides is 2. The Morgan fingerprint density at radius 2 is 1.44 bits per heavy atom. The third-order valence-corrected chi connectivity index (χ3v) is 7.21. The number of rotatable bonds is 9. The number of hydrogen-bond donors (Lipinski definition) is 1. The highest BCUT2D eigenvalue weighted by Crippen LogP contribution is 2.34. The van der Waals surface area contributed by atoms with Gasteiger partial charge in [0.05, 0.1) is 5.02 Å². The quantitative estimate of drug-likeness (QED) is 0.298. The number of thiophene rings is 1. The lowest BCUT2D eigenvalue weighted by Gasteiger charge is -2.26. The third kappa shape index (κ3) is 6.30. The van der Waals surface area contributed by atoms with Crippen molar-refractivity contribution in [2.45, 2.75) is 26.1 Å². The third-order valence-electron chi connectivity index (χ3n) is 5.53. The Bertz CT molecular complexity index is 1320. The number of benzene rings is 3. The predicted molar refractivity (Wildman–Crippen MR) is 142 cm³/mol. The maximum Gasteiger partial charge on any atom is 0.326 e. The van der Waals surface area contributed by atoms with Crippen LogP contribution in [0.1, 0.15) is 27.7 Å². The van der Waals surface area contributed by atoms with Gasteiger partial charge in [0.15, 0.2) is 6.10 Å². The molecule has 8 heteroatoms. The second-order valence-corrected chi connectivity index (χ2v) is 9.65. The number of nitrogens with one attached hydrogen (secondary N) is 1. The molecule has 4 aromatic rings. The number of carbonyl (C=O) groups excluding carboxylic acids is 3. The van der Waals surface area contributed by atoms with Gasteiger partial charge < -0.3 is 15.0 Å². The lowest BCUT2D eigenvalue weighted by molar-refractivity contribution is -0.158. The lowest BCUT2D eigenvalue weighted by atomic mass is 10.1. The average Bonchev–Trinajstić information content (AvgIpc) is 3.24. The van der Waals surface area contributed by atoms with Gasteiger partial charge in [-0.2, -0.15) is 0 Å². The average molecular weight is 521 g/mol. The smallest absolute Gasteiger partial charge is 0.326 e. The molecule has 0 saturated carbocycles. The van der Waals surface area contributed by atoms with Gasteiger partial charge in [0, 0.05) is 23.2 Å². The maximum atomic E-state index is 13.2. The van der Waals surface area contributed by atoms with Crippen LogP contribution in [0.2, 0.25) is 5.02 Å². The molecule has 4 rings (SSSR count). The minimum absolute atomic E-state index is 0.324. The molecular weight excluding hydrogens is 496 g/mol. The molecule has 0 fully saturated rings. The topological polar surface area (TPSA) is 75.7 Å². The van der Waals surface area contributed by atoms with E-state index in [0.717, 1.165) is 21.2 Å². The molecule has 184 valence electrons. The molecule has 1 heterocycles. The summed E-state index contributed by atoms with van der Waals surface area (Å²) in [6.45, 7) is 1.90. The van der Waals surface area contributed by atoms with Crippen molar-refractivity contribution >= 4 is 50.8 Å². The Morgan fingerprint density at radius 1 is 0.889 bits per heavy atom. The molecule has 6 nitrogen and oxygen atoms in total. The standard InChI is InChI=1S/C28H25ClN2O4S/c1-19(28(34)31(17-20-10-4-2-5-11-20)18-21-12-6-3-7-13-21)35-24(32)16-30-27(33)26-25(29)22-14-8-9-15-23(22)36-26/h2-15,19H,16-18H2,1H3,(H,30,33)/t19-/m0/s1. The van der Waals surface area contributed by atoms with E-state index in [-0.39, 0.29) is 12.5 Å². The van der Waals surface area contributed by atoms with Crippen LogP contribution < -0.4 is 5.32 Å². The molecule has 1 aromatic heterocycles. The molecule has 2 amide bonds. The van der Waals surface area contributed by atoms with E-state index in [0.29, 0.717) is 23.0 Å². The molecule has 0 bridgehead atoms. The first-order chi connectivity index (χ1) is 17.4. The van der Waals surface area contributed by atoms with Gasteiger partial charge in [-0.05, 0) is 24.1 Å². The van der Waals surface area contributed by atoms with Gasteiger partial charge in [0.2, 0.25) is 0 Å². The predicted octanol–water partition coefficient (Wildman–Crippen LogP) is 5.45. The van der Waals surface area contributed by atoms with E-state index >= 15 is 0 Å². The highest BCUT2D eigenvalue weighted by atomic mass is 35.5. The fourth-order valence-corrected chi connectivity index (χ4v) is 5.19. The van der Waals surface area contributed by atoms with Gasteiger partial charge in [0.25, 0.3) is 11.8 Å². The van der Waals surface area contributed by atoms with Crippen molar-refractivity contribution in [1.29, 1.82) is 0 Å². The Hall–Kier alpha value is -3.68. The number of hydrogen-bond acceptors (Lipinski definition) is 5. The molecule has 0 radical (unpaired) electrons. The Morgan fingerprint density at radius 3 is 2.03 bits per heavy atom. The van der Waals surface area contributed by atoms with Crippen molar-refractivity contribution in [2.75, 3.05) is 6.54 Å². The molecule has 0 saturated heterocycles. The molecule has 1 atom stereocenters. The van der Waals surface area contributed by atoms with E-state index in [1.807, 2.05) is 84.9 Å². The monoisotopic (exact) mass is 520 g/mol. The summed E-state index contributed by atoms with van der Waals surface area (Å²) in [7, 11) is 0. The van der Waals surface area contributed by atoms with Crippen LogP contribution in [-0.2, 0) is 27.4 Å². The Balaban J connectivity index is 1.37. The number of ether oxygens (including phenoxy) is 1. The number of fused-ring (bicyclic) bond motifs is 1. The van der Waals surface area contributed by atoms with Crippen molar-refractivity contribution in [3.8, 4) is 0 Å². The van der Waals surface area contributed by atoms with E-state index in [4.69, 9.17) is 16.3 Å². The second kappa shape index (κ2) is 11.8. The first kappa shape index (κ1) is 25.4. The molecular formula is C28H25ClN2O4S. The second-order valence-electron chi connectivity index (χ2n) is 8.22. The minimum Gasteiger partial charge on any atom is -0.451 e. The zero-order valence-electron chi connectivity index (χ0n) is 19.6. The summed E-state index contributed by atoms with van der Waals surface area (Å²) in [5.74, 6) is -1.50. The van der Waals surface area contributed by atoms with Crippen LogP contribution in [0.5, 0.6) is 0 Å². The highest BCUT2D eigenvalue weighted by Gasteiger charge is 2.25. The van der Waals surface area contributed by atoms with Crippen LogP contribution in [0.15, 0.2) is 84.9 Å². The summed E-state index contributed by atoms with van der Waals surface area (Å²) in [6.07, 6.45) is -1.02. The Labute approximate surface area is 218 Å². The summed E-state index contributed by atoms with van der Waals surface area (Å²) in [5, 5.41) is 3.68. The zero-order chi connectivity index (χ0) is 25.5. The molecule has 1 N–H and O–H groups in total. The summed E-state index contributed by atoms with van der Waals surface area (Å²) < 4.78 is 6.25. The van der Waals surface area contributed by atoms with E-state index < -0.39 is 18.0 Å². The summed E-state index contributed by atoms with van der Waals surface area (Å²) in [6, 6.07) is 26.7. The molecule has 0 spiro atoms. The van der Waals surface area contributed by atoms with Gasteiger partial charge in [-0.25, -0.2) is 0 Å². The van der Waals surface area contributed by atoms with E-state index in [1.54, 1.807) is 4.90 Å². The Kier molecular flexibility index (Phi) is 8.36. The van der Waals surface area contributed by atoms with Crippen LogP contribution in [0.3, 0.4) is 0 Å². The lowest BCUT2D eigenvalue weighted by Crippen LogP contribution is -2.41. The molecule has 36 heavy (non-hydrogen) atoms. The number of halogens is 1. The normalized spacial score (nSPS) is 11.6. The van der Waals surface area contributed by atoms with Crippen LogP contribution >= 0.6 is 22.9 Å². The van der Waals surface area contributed by atoms with Gasteiger partial charge in [-0.15, -0.1) is 11.3 Å². The van der Waals surface area contributed by atoms with Crippen molar-refractivity contribution < 1.29 is 19.1 Å². The number of nitrogens with zero attached hydrogens (tertiary/aromatic N) is 1. The van der Waals surface area contributed by atoms with E-state index in [1.165, 1.54) is 18.3 Å². The fourth-order valence-electron chi connectivity index (χ4n) is 3.76. The van der Waals surface area contributed by atoms with Gasteiger partial charge in [0.1, 0.15) is 11.4 Å². The zero-order valence-corrected chi connectivity index (χ0v) is 21.2. The maximum absolute atomic E-state index is 13.2. The molecule has 0 aliphatic rings. The summed E-state index contributed by atoms with van der Waals surface area (Å²) in [4.78, 5) is 40.3. The largest absolute Gasteiger partial charge is 0.451 e. The van der Waals surface area contributed by atoms with Crippen LogP contribution in [0, 0.1) is 0 Å². The van der Waals surface area contributed by atoms with Crippen molar-refractivity contribution in [1.82, 2.24) is 10.2 Å².